The zero-order valence-electron chi connectivity index (χ0n) is 11.1. The van der Waals surface area contributed by atoms with Gasteiger partial charge in [0.1, 0.15) is 11.9 Å². The molecule has 6 nitrogen and oxygen atoms in total. The van der Waals surface area contributed by atoms with E-state index >= 15 is 0 Å². The van der Waals surface area contributed by atoms with Gasteiger partial charge in [-0.3, -0.25) is 9.59 Å². The molecule has 0 radical (unpaired) electrons. The van der Waals surface area contributed by atoms with Crippen LogP contribution in [0.4, 0.5) is 4.39 Å². The highest BCUT2D eigenvalue weighted by atomic mass is 19.1. The number of hydrogen-bond acceptors (Lipinski definition) is 3. The molecule has 1 aromatic rings. The van der Waals surface area contributed by atoms with Crippen LogP contribution in [-0.2, 0) is 9.59 Å². The van der Waals surface area contributed by atoms with Crippen molar-refractivity contribution in [2.24, 2.45) is 5.92 Å². The standard InChI is InChI=1S/C14H15FN2O4/c15-10-4-2-1-3-9(10)13(19)16-7-11(18)17-12(14(20)21)8-5-6-8/h1-4,8,12H,5-7H2,(H,16,19)(H,17,18)(H,20,21). The van der Waals surface area contributed by atoms with Crippen LogP contribution in [-0.4, -0.2) is 35.5 Å². The highest BCUT2D eigenvalue weighted by Crippen LogP contribution is 2.32. The third-order valence-corrected chi connectivity index (χ3v) is 3.20. The summed E-state index contributed by atoms with van der Waals surface area (Å²) in [6, 6.07) is 4.47. The van der Waals surface area contributed by atoms with E-state index in [4.69, 9.17) is 5.11 Å². The molecule has 2 rings (SSSR count). The highest BCUT2D eigenvalue weighted by Gasteiger charge is 2.37. The number of halogens is 1. The fourth-order valence-corrected chi connectivity index (χ4v) is 1.94. The van der Waals surface area contributed by atoms with Crippen LogP contribution in [0.3, 0.4) is 0 Å². The molecule has 0 bridgehead atoms. The van der Waals surface area contributed by atoms with E-state index < -0.39 is 36.2 Å². The third-order valence-electron chi connectivity index (χ3n) is 3.20. The number of benzene rings is 1. The minimum absolute atomic E-state index is 0.0475. The molecule has 1 aliphatic carbocycles. The predicted octanol–water partition coefficient (Wildman–Crippen LogP) is 0.535. The van der Waals surface area contributed by atoms with Crippen LogP contribution in [0.25, 0.3) is 0 Å². The molecule has 1 aliphatic rings. The van der Waals surface area contributed by atoms with Gasteiger partial charge in [0.15, 0.2) is 0 Å². The second kappa shape index (κ2) is 6.34. The summed E-state index contributed by atoms with van der Waals surface area (Å²) >= 11 is 0. The van der Waals surface area contributed by atoms with Crippen molar-refractivity contribution in [1.29, 1.82) is 0 Å². The summed E-state index contributed by atoms with van der Waals surface area (Å²) in [6.07, 6.45) is 1.53. The maximum absolute atomic E-state index is 13.4. The van der Waals surface area contributed by atoms with Crippen LogP contribution in [0.15, 0.2) is 24.3 Å². The molecular weight excluding hydrogens is 279 g/mol. The lowest BCUT2D eigenvalue weighted by Gasteiger charge is -2.13. The predicted molar refractivity (Wildman–Crippen MR) is 71.0 cm³/mol. The Kier molecular flexibility index (Phi) is 4.52. The van der Waals surface area contributed by atoms with Crippen LogP contribution in [0.1, 0.15) is 23.2 Å². The first kappa shape index (κ1) is 15.0. The molecule has 3 N–H and O–H groups in total. The number of carbonyl (C=O) groups is 3. The van der Waals surface area contributed by atoms with Gasteiger partial charge in [-0.2, -0.15) is 0 Å². The molecule has 0 aromatic heterocycles. The van der Waals surface area contributed by atoms with Gasteiger partial charge in [0.05, 0.1) is 12.1 Å². The first-order chi connectivity index (χ1) is 9.99. The first-order valence-electron chi connectivity index (χ1n) is 6.54. The number of hydrogen-bond donors (Lipinski definition) is 3. The minimum atomic E-state index is -1.09. The lowest BCUT2D eigenvalue weighted by Crippen LogP contribution is -2.46. The minimum Gasteiger partial charge on any atom is -0.480 e. The summed E-state index contributed by atoms with van der Waals surface area (Å²) in [6.45, 7) is -0.399. The van der Waals surface area contributed by atoms with Crippen molar-refractivity contribution in [2.75, 3.05) is 6.54 Å². The number of carbonyl (C=O) groups excluding carboxylic acids is 2. The van der Waals surface area contributed by atoms with Crippen LogP contribution >= 0.6 is 0 Å². The van der Waals surface area contributed by atoms with E-state index in [0.717, 1.165) is 18.9 Å². The molecule has 1 saturated carbocycles. The van der Waals surface area contributed by atoms with Gasteiger partial charge in [0.25, 0.3) is 5.91 Å². The molecule has 7 heteroatoms. The van der Waals surface area contributed by atoms with Gasteiger partial charge >= 0.3 is 5.97 Å². The Hall–Kier alpha value is -2.44. The normalized spacial score (nSPS) is 15.1. The van der Waals surface area contributed by atoms with E-state index in [1.54, 1.807) is 0 Å². The van der Waals surface area contributed by atoms with Crippen molar-refractivity contribution in [3.05, 3.63) is 35.6 Å². The van der Waals surface area contributed by atoms with Gasteiger partial charge < -0.3 is 15.7 Å². The molecule has 0 spiro atoms. The molecule has 0 aliphatic heterocycles. The van der Waals surface area contributed by atoms with Crippen molar-refractivity contribution in [3.63, 3.8) is 0 Å². The molecule has 1 unspecified atom stereocenters. The van der Waals surface area contributed by atoms with Crippen LogP contribution in [0, 0.1) is 11.7 Å². The Morgan fingerprint density at radius 3 is 2.52 bits per heavy atom. The van der Waals surface area contributed by atoms with E-state index in [2.05, 4.69) is 10.6 Å². The van der Waals surface area contributed by atoms with Crippen molar-refractivity contribution in [1.82, 2.24) is 10.6 Å². The fourth-order valence-electron chi connectivity index (χ4n) is 1.94. The topological polar surface area (TPSA) is 95.5 Å². The van der Waals surface area contributed by atoms with Crippen LogP contribution in [0.5, 0.6) is 0 Å². The average Bonchev–Trinajstić information content (AvgIpc) is 3.26. The van der Waals surface area contributed by atoms with Crippen molar-refractivity contribution in [2.45, 2.75) is 18.9 Å². The number of aliphatic carboxylic acids is 1. The Labute approximate surface area is 120 Å². The van der Waals surface area contributed by atoms with Gasteiger partial charge in [-0.25, -0.2) is 9.18 Å². The molecule has 1 fully saturated rings. The zero-order valence-corrected chi connectivity index (χ0v) is 11.1. The summed E-state index contributed by atoms with van der Waals surface area (Å²) in [4.78, 5) is 34.3. The molecule has 1 aromatic carbocycles. The number of carboxylic acid groups (broad SMARTS) is 1. The molecule has 1 atom stereocenters. The van der Waals surface area contributed by atoms with E-state index in [-0.39, 0.29) is 11.5 Å². The maximum Gasteiger partial charge on any atom is 0.326 e. The van der Waals surface area contributed by atoms with Crippen molar-refractivity contribution >= 4 is 17.8 Å². The Balaban J connectivity index is 1.85. The average molecular weight is 294 g/mol. The van der Waals surface area contributed by atoms with E-state index in [1.165, 1.54) is 18.2 Å². The van der Waals surface area contributed by atoms with Gasteiger partial charge in [0.2, 0.25) is 5.91 Å². The highest BCUT2D eigenvalue weighted by molar-refractivity contribution is 5.97. The number of amides is 2. The number of rotatable bonds is 6. The van der Waals surface area contributed by atoms with Crippen molar-refractivity contribution in [3.8, 4) is 0 Å². The van der Waals surface area contributed by atoms with Gasteiger partial charge in [-0.05, 0) is 30.9 Å². The molecule has 0 saturated heterocycles. The lowest BCUT2D eigenvalue weighted by molar-refractivity contribution is -0.142. The van der Waals surface area contributed by atoms with E-state index in [0.29, 0.717) is 0 Å². The molecular formula is C14H15FN2O4. The Morgan fingerprint density at radius 1 is 1.29 bits per heavy atom. The van der Waals surface area contributed by atoms with Crippen LogP contribution < -0.4 is 10.6 Å². The Bertz CT molecular complexity index is 572. The summed E-state index contributed by atoms with van der Waals surface area (Å²) < 4.78 is 13.4. The second-order valence-electron chi connectivity index (χ2n) is 4.88. The summed E-state index contributed by atoms with van der Waals surface area (Å²) in [7, 11) is 0. The summed E-state index contributed by atoms with van der Waals surface area (Å²) in [5, 5.41) is 13.6. The molecule has 2 amide bonds. The summed E-state index contributed by atoms with van der Waals surface area (Å²) in [5.74, 6) is -3.16. The third kappa shape index (κ3) is 4.01. The van der Waals surface area contributed by atoms with Gasteiger partial charge in [-0.15, -0.1) is 0 Å². The summed E-state index contributed by atoms with van der Waals surface area (Å²) in [5.41, 5.74) is -0.165. The van der Waals surface area contributed by atoms with E-state index in [1.807, 2.05) is 0 Å². The second-order valence-corrected chi connectivity index (χ2v) is 4.88. The first-order valence-corrected chi connectivity index (χ1v) is 6.54. The zero-order chi connectivity index (χ0) is 15.4. The number of carboxylic acids is 1. The fraction of sp³-hybridized carbons (Fsp3) is 0.357. The molecule has 21 heavy (non-hydrogen) atoms. The van der Waals surface area contributed by atoms with Gasteiger partial charge in [0, 0.05) is 0 Å². The van der Waals surface area contributed by atoms with Crippen LogP contribution in [0.2, 0.25) is 0 Å². The quantitative estimate of drug-likeness (QED) is 0.713. The largest absolute Gasteiger partial charge is 0.480 e. The monoisotopic (exact) mass is 294 g/mol. The molecule has 0 heterocycles. The number of nitrogens with one attached hydrogen (secondary N) is 2. The lowest BCUT2D eigenvalue weighted by atomic mass is 10.2. The SMILES string of the molecule is O=C(CNC(=O)c1ccccc1F)NC(C(=O)O)C1CC1. The van der Waals surface area contributed by atoms with Gasteiger partial charge in [-0.1, -0.05) is 12.1 Å². The maximum atomic E-state index is 13.4. The van der Waals surface area contributed by atoms with E-state index in [9.17, 15) is 18.8 Å². The Morgan fingerprint density at radius 2 is 1.95 bits per heavy atom. The van der Waals surface area contributed by atoms with Crippen molar-refractivity contribution < 1.29 is 23.9 Å². The smallest absolute Gasteiger partial charge is 0.326 e. The molecule has 112 valence electrons.